The maximum absolute atomic E-state index is 13.6. The van der Waals surface area contributed by atoms with Crippen molar-refractivity contribution in [1.29, 1.82) is 0 Å². The van der Waals surface area contributed by atoms with Crippen molar-refractivity contribution in [3.63, 3.8) is 0 Å². The topological polar surface area (TPSA) is 98.9 Å². The van der Waals surface area contributed by atoms with Crippen LogP contribution in [0, 0.1) is 0 Å². The number of ether oxygens (including phenoxy) is 2. The molecule has 26 heavy (non-hydrogen) atoms. The van der Waals surface area contributed by atoms with E-state index in [1.54, 1.807) is 31.2 Å². The van der Waals surface area contributed by atoms with Crippen LogP contribution in [0.3, 0.4) is 0 Å². The van der Waals surface area contributed by atoms with E-state index in [0.717, 1.165) is 0 Å². The first-order chi connectivity index (χ1) is 12.3. The number of esters is 1. The first-order valence-corrected chi connectivity index (χ1v) is 8.22. The fourth-order valence-corrected chi connectivity index (χ4v) is 3.96. The Kier molecular flexibility index (Phi) is 4.10. The van der Waals surface area contributed by atoms with Crippen LogP contribution in [0.4, 0.5) is 5.69 Å². The molecule has 0 radical (unpaired) electrons. The van der Waals surface area contributed by atoms with Gasteiger partial charge in [0.1, 0.15) is 16.7 Å². The van der Waals surface area contributed by atoms with Gasteiger partial charge in [0.2, 0.25) is 11.8 Å². The molecule has 0 saturated carbocycles. The molecule has 0 aliphatic carbocycles. The molecule has 1 amide bonds. The van der Waals surface area contributed by atoms with Gasteiger partial charge in [-0.25, -0.2) is 4.79 Å². The molecular formula is C19H20N2O5. The number of nitrogens with zero attached hydrogens (tertiary/aromatic N) is 1. The van der Waals surface area contributed by atoms with Crippen LogP contribution in [0.25, 0.3) is 0 Å². The van der Waals surface area contributed by atoms with Crippen LogP contribution in [0.1, 0.15) is 26.3 Å². The third-order valence-electron chi connectivity index (χ3n) is 4.83. The molecule has 2 aliphatic rings. The van der Waals surface area contributed by atoms with Crippen molar-refractivity contribution in [3.05, 3.63) is 52.6 Å². The highest BCUT2D eigenvalue weighted by atomic mass is 16.5. The number of hydrogen-bond donors (Lipinski definition) is 1. The molecule has 2 aliphatic heterocycles. The summed E-state index contributed by atoms with van der Waals surface area (Å²) in [5.41, 5.74) is 5.42. The molecule has 1 aromatic rings. The predicted octanol–water partition coefficient (Wildman–Crippen LogP) is 1.53. The zero-order valence-electron chi connectivity index (χ0n) is 15.1. The summed E-state index contributed by atoms with van der Waals surface area (Å²) < 4.78 is 10.3. The fraction of sp³-hybridized carbons (Fsp3) is 0.316. The summed E-state index contributed by atoms with van der Waals surface area (Å²) in [6, 6.07) is 7.04. The van der Waals surface area contributed by atoms with Gasteiger partial charge in [0.15, 0.2) is 5.78 Å². The molecule has 0 bridgehead atoms. The molecule has 1 spiro atoms. The number of carbonyl (C=O) groups is 3. The number of ketones is 1. The van der Waals surface area contributed by atoms with Gasteiger partial charge >= 0.3 is 5.97 Å². The third-order valence-corrected chi connectivity index (χ3v) is 4.83. The summed E-state index contributed by atoms with van der Waals surface area (Å²) in [4.78, 5) is 40.3. The number of fused-ring (bicyclic) bond motifs is 2. The minimum Gasteiger partial charge on any atom is -0.465 e. The first kappa shape index (κ1) is 17.7. The second-order valence-electron chi connectivity index (χ2n) is 6.14. The van der Waals surface area contributed by atoms with Crippen molar-refractivity contribution in [2.75, 3.05) is 18.6 Å². The van der Waals surface area contributed by atoms with Gasteiger partial charge in [-0.3, -0.25) is 9.59 Å². The van der Waals surface area contributed by atoms with E-state index in [2.05, 4.69) is 0 Å². The zero-order valence-corrected chi connectivity index (χ0v) is 15.1. The predicted molar refractivity (Wildman–Crippen MR) is 93.8 cm³/mol. The van der Waals surface area contributed by atoms with Gasteiger partial charge in [-0.15, -0.1) is 0 Å². The molecular weight excluding hydrogens is 336 g/mol. The largest absolute Gasteiger partial charge is 0.465 e. The van der Waals surface area contributed by atoms with Crippen LogP contribution in [0.15, 0.2) is 47.1 Å². The monoisotopic (exact) mass is 356 g/mol. The average molecular weight is 356 g/mol. The van der Waals surface area contributed by atoms with Crippen LogP contribution in [0.2, 0.25) is 0 Å². The van der Waals surface area contributed by atoms with Gasteiger partial charge in [0.25, 0.3) is 0 Å². The van der Waals surface area contributed by atoms with Crippen LogP contribution >= 0.6 is 0 Å². The average Bonchev–Trinajstić information content (AvgIpc) is 2.83. The standard InChI is InChI=1S/C19H20N2O5/c1-5-21-13-9-7-6-8-12(13)19(18(21)24)14(10(2)22)11(3)26-16(20)15(19)17(23)25-4/h6-9H,5,20H2,1-4H3/t19-/m1/s1. The van der Waals surface area contributed by atoms with Crippen molar-refractivity contribution in [3.8, 4) is 0 Å². The maximum atomic E-state index is 13.6. The van der Waals surface area contributed by atoms with Gasteiger partial charge in [-0.05, 0) is 26.8 Å². The lowest BCUT2D eigenvalue weighted by atomic mass is 9.66. The minimum absolute atomic E-state index is 0.0977. The number of carbonyl (C=O) groups excluding carboxylic acids is 3. The Morgan fingerprint density at radius 3 is 2.50 bits per heavy atom. The van der Waals surface area contributed by atoms with Crippen LogP contribution in [-0.4, -0.2) is 31.3 Å². The van der Waals surface area contributed by atoms with Crippen LogP contribution < -0.4 is 10.6 Å². The molecule has 1 atom stereocenters. The lowest BCUT2D eigenvalue weighted by Crippen LogP contribution is -2.50. The number of benzene rings is 1. The molecule has 1 aromatic carbocycles. The van der Waals surface area contributed by atoms with Crippen molar-refractivity contribution in [2.24, 2.45) is 5.73 Å². The Hall–Kier alpha value is -3.09. The Bertz CT molecular complexity index is 899. The van der Waals surface area contributed by atoms with E-state index < -0.39 is 17.3 Å². The van der Waals surface area contributed by atoms with Gasteiger partial charge < -0.3 is 20.1 Å². The number of allylic oxidation sites excluding steroid dienone is 1. The quantitative estimate of drug-likeness (QED) is 0.825. The maximum Gasteiger partial charge on any atom is 0.340 e. The van der Waals surface area contributed by atoms with E-state index >= 15 is 0 Å². The van der Waals surface area contributed by atoms with E-state index in [0.29, 0.717) is 17.8 Å². The Balaban J connectivity index is 2.49. The summed E-state index contributed by atoms with van der Waals surface area (Å²) in [5, 5.41) is 0. The van der Waals surface area contributed by atoms with E-state index in [-0.39, 0.29) is 28.6 Å². The van der Waals surface area contributed by atoms with Crippen molar-refractivity contribution >= 4 is 23.3 Å². The van der Waals surface area contributed by atoms with Crippen molar-refractivity contribution in [1.82, 2.24) is 0 Å². The minimum atomic E-state index is -1.67. The zero-order chi connectivity index (χ0) is 19.2. The highest BCUT2D eigenvalue weighted by Gasteiger charge is 2.62. The first-order valence-electron chi connectivity index (χ1n) is 8.22. The molecule has 2 N–H and O–H groups in total. The number of Topliss-reactive ketones (excluding diaryl/α,β-unsaturated/α-hetero) is 1. The molecule has 7 heteroatoms. The summed E-state index contributed by atoms with van der Waals surface area (Å²) in [5.74, 6) is -1.64. The molecule has 0 aromatic heterocycles. The molecule has 136 valence electrons. The summed E-state index contributed by atoms with van der Waals surface area (Å²) in [7, 11) is 1.19. The summed E-state index contributed by atoms with van der Waals surface area (Å²) in [6.45, 7) is 5.09. The molecule has 0 saturated heterocycles. The number of hydrogen-bond acceptors (Lipinski definition) is 6. The van der Waals surface area contributed by atoms with Gasteiger partial charge in [-0.2, -0.15) is 0 Å². The van der Waals surface area contributed by atoms with Crippen molar-refractivity contribution in [2.45, 2.75) is 26.2 Å². The lowest BCUT2D eigenvalue weighted by molar-refractivity contribution is -0.139. The highest BCUT2D eigenvalue weighted by molar-refractivity contribution is 6.22. The van der Waals surface area contributed by atoms with Crippen LogP contribution in [-0.2, 0) is 29.3 Å². The van der Waals surface area contributed by atoms with Gasteiger partial charge in [0, 0.05) is 17.8 Å². The van der Waals surface area contributed by atoms with E-state index in [1.807, 2.05) is 6.92 Å². The van der Waals surface area contributed by atoms with Crippen LogP contribution in [0.5, 0.6) is 0 Å². The Morgan fingerprint density at radius 2 is 1.92 bits per heavy atom. The van der Waals surface area contributed by atoms with Crippen molar-refractivity contribution < 1.29 is 23.9 Å². The Labute approximate surface area is 151 Å². The summed E-state index contributed by atoms with van der Waals surface area (Å²) in [6.07, 6.45) is 0. The molecule has 2 heterocycles. The number of nitrogens with two attached hydrogens (primary N) is 1. The van der Waals surface area contributed by atoms with Gasteiger partial charge in [0.05, 0.1) is 12.7 Å². The number of rotatable bonds is 3. The number of anilines is 1. The lowest BCUT2D eigenvalue weighted by Gasteiger charge is -2.36. The van der Waals surface area contributed by atoms with E-state index in [1.165, 1.54) is 18.9 Å². The number of para-hydroxylation sites is 1. The number of methoxy groups -OCH3 is 1. The SMILES string of the molecule is CCN1C(=O)[C@@]2(C(C(C)=O)=C(C)OC(N)=C2C(=O)OC)c2ccccc21. The normalized spacial score (nSPS) is 21.8. The third kappa shape index (κ3) is 2.03. The second-order valence-corrected chi connectivity index (χ2v) is 6.14. The van der Waals surface area contributed by atoms with E-state index in [9.17, 15) is 14.4 Å². The Morgan fingerprint density at radius 1 is 1.27 bits per heavy atom. The molecule has 7 nitrogen and oxygen atoms in total. The number of amides is 1. The molecule has 0 fully saturated rings. The summed E-state index contributed by atoms with van der Waals surface area (Å²) >= 11 is 0. The smallest absolute Gasteiger partial charge is 0.340 e. The highest BCUT2D eigenvalue weighted by Crippen LogP contribution is 2.54. The molecule has 0 unspecified atom stereocenters. The van der Waals surface area contributed by atoms with E-state index in [4.69, 9.17) is 15.2 Å². The number of likely N-dealkylation sites (N-methyl/N-ethyl adjacent to an activating group) is 1. The fourth-order valence-electron chi connectivity index (χ4n) is 3.96. The second kappa shape index (κ2) is 6.01. The molecule has 3 rings (SSSR count). The van der Waals surface area contributed by atoms with Gasteiger partial charge in [-0.1, -0.05) is 18.2 Å².